The third-order valence-corrected chi connectivity index (χ3v) is 6.02. The summed E-state index contributed by atoms with van der Waals surface area (Å²) in [5.41, 5.74) is 2.59. The number of imidazole rings is 1. The van der Waals surface area contributed by atoms with Gasteiger partial charge in [0.15, 0.2) is 11.5 Å². The Morgan fingerprint density at radius 1 is 1.06 bits per heavy atom. The molecule has 0 bridgehead atoms. The molecule has 1 N–H and O–H groups in total. The summed E-state index contributed by atoms with van der Waals surface area (Å²) in [5, 5.41) is 2.93. The highest BCUT2D eigenvalue weighted by Crippen LogP contribution is 2.30. The summed E-state index contributed by atoms with van der Waals surface area (Å²) in [6, 6.07) is 21.1. The Morgan fingerprint density at radius 3 is 2.71 bits per heavy atom. The number of fused-ring (bicyclic) bond motifs is 2. The Labute approximate surface area is 184 Å². The van der Waals surface area contributed by atoms with Crippen molar-refractivity contribution in [2.75, 3.05) is 13.2 Å². The predicted molar refractivity (Wildman–Crippen MR) is 120 cm³/mol. The molecule has 0 fully saturated rings. The normalized spacial score (nSPS) is 15.0. The lowest BCUT2D eigenvalue weighted by Crippen LogP contribution is -2.40. The van der Waals surface area contributed by atoms with Crippen molar-refractivity contribution >= 4 is 23.3 Å². The van der Waals surface area contributed by atoms with E-state index in [1.165, 1.54) is 0 Å². The molecule has 6 nitrogen and oxygen atoms in total. The van der Waals surface area contributed by atoms with Crippen LogP contribution in [0.3, 0.4) is 0 Å². The first kappa shape index (κ1) is 19.5. The summed E-state index contributed by atoms with van der Waals surface area (Å²) < 4.78 is 13.6. The topological polar surface area (TPSA) is 64.9 Å². The molecule has 2 aromatic carbocycles. The predicted octanol–water partition coefficient (Wildman–Crippen LogP) is 4.20. The van der Waals surface area contributed by atoms with Gasteiger partial charge >= 0.3 is 0 Å². The Kier molecular flexibility index (Phi) is 5.50. The molecule has 4 aromatic rings. The minimum absolute atomic E-state index is 0.126. The van der Waals surface area contributed by atoms with E-state index in [4.69, 9.17) is 9.47 Å². The molecule has 1 atom stereocenters. The molecule has 3 heterocycles. The summed E-state index contributed by atoms with van der Waals surface area (Å²) in [6.07, 6.45) is 3.83. The third-order valence-electron chi connectivity index (χ3n) is 4.97. The van der Waals surface area contributed by atoms with Crippen molar-refractivity contribution in [3.05, 3.63) is 90.4 Å². The summed E-state index contributed by atoms with van der Waals surface area (Å²) in [5.74, 6) is 2.09. The molecule has 0 saturated heterocycles. The van der Waals surface area contributed by atoms with E-state index < -0.39 is 0 Å². The van der Waals surface area contributed by atoms with Crippen LogP contribution in [-0.2, 0) is 5.75 Å². The number of nitrogens with one attached hydrogen (secondary N) is 1. The van der Waals surface area contributed by atoms with Gasteiger partial charge in [-0.25, -0.2) is 4.98 Å². The minimum atomic E-state index is -0.209. The average Bonchev–Trinajstić information content (AvgIpc) is 3.24. The second kappa shape index (κ2) is 8.73. The molecule has 156 valence electrons. The number of rotatable bonds is 6. The number of para-hydroxylation sites is 2. The molecule has 5 rings (SSSR count). The van der Waals surface area contributed by atoms with Crippen molar-refractivity contribution in [1.29, 1.82) is 0 Å². The van der Waals surface area contributed by atoms with Crippen LogP contribution in [-0.4, -0.2) is 34.5 Å². The maximum absolute atomic E-state index is 12.5. The maximum Gasteiger partial charge on any atom is 0.251 e. The molecule has 0 spiro atoms. The van der Waals surface area contributed by atoms with E-state index in [1.807, 2.05) is 83.5 Å². The maximum atomic E-state index is 12.5. The zero-order valence-corrected chi connectivity index (χ0v) is 17.5. The van der Waals surface area contributed by atoms with Crippen LogP contribution < -0.4 is 14.8 Å². The molecule has 0 saturated carbocycles. The standard InChI is InChI=1S/C24H21N3O3S/c28-24(25-13-19-15-29-21-5-1-2-6-22(21)30-19)17-8-10-20(11-9-17)31-16-18-14-27-12-4-3-7-23(27)26-18/h1-12,14,19H,13,15-16H2,(H,25,28). The number of benzene rings is 2. The highest BCUT2D eigenvalue weighted by molar-refractivity contribution is 7.98. The highest BCUT2D eigenvalue weighted by atomic mass is 32.2. The Morgan fingerprint density at radius 2 is 1.87 bits per heavy atom. The smallest absolute Gasteiger partial charge is 0.251 e. The number of aromatic nitrogens is 2. The number of hydrogen-bond donors (Lipinski definition) is 1. The first-order valence-electron chi connectivity index (χ1n) is 10.1. The Hall–Kier alpha value is -3.45. The molecular weight excluding hydrogens is 410 g/mol. The van der Waals surface area contributed by atoms with Gasteiger partial charge in [-0.1, -0.05) is 18.2 Å². The summed E-state index contributed by atoms with van der Waals surface area (Å²) in [6.45, 7) is 0.799. The van der Waals surface area contributed by atoms with Crippen LogP contribution >= 0.6 is 11.8 Å². The molecule has 0 radical (unpaired) electrons. The van der Waals surface area contributed by atoms with Crippen molar-refractivity contribution in [3.63, 3.8) is 0 Å². The van der Waals surface area contributed by atoms with Crippen molar-refractivity contribution in [3.8, 4) is 11.5 Å². The fourth-order valence-corrected chi connectivity index (χ4v) is 4.17. The van der Waals surface area contributed by atoms with Crippen LogP contribution in [0, 0.1) is 0 Å². The molecule has 0 aliphatic carbocycles. The largest absolute Gasteiger partial charge is 0.486 e. The lowest BCUT2D eigenvalue weighted by Gasteiger charge is -2.26. The van der Waals surface area contributed by atoms with Gasteiger partial charge in [-0.2, -0.15) is 0 Å². The second-order valence-corrected chi connectivity index (χ2v) is 8.27. The van der Waals surface area contributed by atoms with Gasteiger partial charge < -0.3 is 19.2 Å². The van der Waals surface area contributed by atoms with E-state index in [1.54, 1.807) is 11.8 Å². The van der Waals surface area contributed by atoms with Gasteiger partial charge in [-0.15, -0.1) is 11.8 Å². The van der Waals surface area contributed by atoms with Crippen molar-refractivity contribution in [2.45, 2.75) is 16.8 Å². The Bertz CT molecular complexity index is 1170. The highest BCUT2D eigenvalue weighted by Gasteiger charge is 2.21. The molecule has 2 aromatic heterocycles. The van der Waals surface area contributed by atoms with Crippen molar-refractivity contribution < 1.29 is 14.3 Å². The van der Waals surface area contributed by atoms with Crippen LogP contribution in [0.15, 0.2) is 84.0 Å². The number of hydrogen-bond acceptors (Lipinski definition) is 5. The van der Waals surface area contributed by atoms with E-state index in [2.05, 4.69) is 10.3 Å². The monoisotopic (exact) mass is 431 g/mol. The second-order valence-electron chi connectivity index (χ2n) is 7.22. The fraction of sp³-hybridized carbons (Fsp3) is 0.167. The number of carbonyl (C=O) groups excluding carboxylic acids is 1. The van der Waals surface area contributed by atoms with E-state index in [0.29, 0.717) is 24.5 Å². The number of ether oxygens (including phenoxy) is 2. The van der Waals surface area contributed by atoms with Crippen molar-refractivity contribution in [1.82, 2.24) is 14.7 Å². The zero-order valence-electron chi connectivity index (χ0n) is 16.7. The van der Waals surface area contributed by atoms with E-state index in [9.17, 15) is 4.79 Å². The lowest BCUT2D eigenvalue weighted by molar-refractivity contribution is 0.0789. The van der Waals surface area contributed by atoms with Gasteiger partial charge in [0.1, 0.15) is 18.4 Å². The van der Waals surface area contributed by atoms with Crippen molar-refractivity contribution in [2.24, 2.45) is 0 Å². The molecule has 1 aliphatic rings. The average molecular weight is 432 g/mol. The van der Waals surface area contributed by atoms with Crippen LogP contribution in [0.25, 0.3) is 5.65 Å². The van der Waals surface area contributed by atoms with Gasteiger partial charge in [-0.05, 0) is 48.5 Å². The summed E-state index contributed by atoms with van der Waals surface area (Å²) in [7, 11) is 0. The Balaban J connectivity index is 1.13. The van der Waals surface area contributed by atoms with Gasteiger partial charge in [-0.3, -0.25) is 4.79 Å². The molecular formula is C24H21N3O3S. The molecule has 7 heteroatoms. The van der Waals surface area contributed by atoms with Crippen LogP contribution in [0.2, 0.25) is 0 Å². The summed E-state index contributed by atoms with van der Waals surface area (Å²) >= 11 is 1.69. The minimum Gasteiger partial charge on any atom is -0.486 e. The third kappa shape index (κ3) is 4.51. The SMILES string of the molecule is O=C(NCC1COc2ccccc2O1)c1ccc(SCc2cn3ccccc3n2)cc1. The summed E-state index contributed by atoms with van der Waals surface area (Å²) in [4.78, 5) is 18.2. The van der Waals surface area contributed by atoms with Crippen LogP contribution in [0.5, 0.6) is 11.5 Å². The van der Waals surface area contributed by atoms with Gasteiger partial charge in [0.05, 0.1) is 12.2 Å². The number of amides is 1. The zero-order chi connectivity index (χ0) is 21.0. The molecule has 1 unspecified atom stereocenters. The first-order valence-corrected chi connectivity index (χ1v) is 11.1. The van der Waals surface area contributed by atoms with Gasteiger partial charge in [0.2, 0.25) is 0 Å². The number of nitrogens with zero attached hydrogens (tertiary/aromatic N) is 2. The molecule has 31 heavy (non-hydrogen) atoms. The number of pyridine rings is 1. The first-order chi connectivity index (χ1) is 15.2. The van der Waals surface area contributed by atoms with E-state index in [0.717, 1.165) is 27.7 Å². The van der Waals surface area contributed by atoms with Gasteiger partial charge in [0.25, 0.3) is 5.91 Å². The van der Waals surface area contributed by atoms with Crippen LogP contribution in [0.1, 0.15) is 16.1 Å². The molecule has 1 amide bonds. The molecule has 1 aliphatic heterocycles. The number of carbonyl (C=O) groups is 1. The number of thioether (sulfide) groups is 1. The van der Waals surface area contributed by atoms with Gasteiger partial charge in [0, 0.05) is 28.6 Å². The van der Waals surface area contributed by atoms with E-state index in [-0.39, 0.29) is 12.0 Å². The lowest BCUT2D eigenvalue weighted by atomic mass is 10.2. The fourth-order valence-electron chi connectivity index (χ4n) is 3.39. The van der Waals surface area contributed by atoms with E-state index >= 15 is 0 Å². The van der Waals surface area contributed by atoms with Crippen LogP contribution in [0.4, 0.5) is 0 Å². The quantitative estimate of drug-likeness (QED) is 0.464.